The van der Waals surface area contributed by atoms with Crippen LogP contribution in [-0.4, -0.2) is 10.2 Å². The number of hydrogen-bond acceptors (Lipinski definition) is 2. The number of hydrogen-bond donors (Lipinski definition) is 2. The average molecular weight is 207 g/mol. The largest absolute Gasteiger partial charge is 0.364 e. The third kappa shape index (κ3) is 1.90. The standard InChI is InChI=1S/C8H8Cl2O2/c1-4-2-6(9)7(10)3-5(4)8(11)12/h2-3,8,11-12H,1H3. The molecule has 2 nitrogen and oxygen atoms in total. The van der Waals surface area contributed by atoms with Gasteiger partial charge in [0.05, 0.1) is 10.0 Å². The van der Waals surface area contributed by atoms with Crippen molar-refractivity contribution >= 4 is 23.2 Å². The zero-order valence-corrected chi connectivity index (χ0v) is 7.89. The van der Waals surface area contributed by atoms with Crippen LogP contribution in [0.2, 0.25) is 10.0 Å². The number of aliphatic hydroxyl groups excluding tert-OH is 1. The molecule has 0 unspecified atom stereocenters. The van der Waals surface area contributed by atoms with E-state index < -0.39 is 6.29 Å². The Morgan fingerprint density at radius 2 is 1.67 bits per heavy atom. The lowest BCUT2D eigenvalue weighted by atomic mass is 10.1. The number of halogens is 2. The Labute approximate surface area is 80.4 Å². The van der Waals surface area contributed by atoms with Crippen LogP contribution >= 0.6 is 23.2 Å². The van der Waals surface area contributed by atoms with Crippen LogP contribution in [0.3, 0.4) is 0 Å². The molecule has 0 saturated carbocycles. The lowest BCUT2D eigenvalue weighted by Crippen LogP contribution is -1.97. The molecule has 1 aromatic rings. The van der Waals surface area contributed by atoms with E-state index in [0.717, 1.165) is 0 Å². The zero-order chi connectivity index (χ0) is 9.30. The van der Waals surface area contributed by atoms with E-state index in [4.69, 9.17) is 33.4 Å². The minimum Gasteiger partial charge on any atom is -0.364 e. The molecule has 4 heteroatoms. The van der Waals surface area contributed by atoms with Gasteiger partial charge >= 0.3 is 0 Å². The van der Waals surface area contributed by atoms with Crippen LogP contribution in [0.4, 0.5) is 0 Å². The maximum absolute atomic E-state index is 8.87. The second kappa shape index (κ2) is 3.62. The Kier molecular flexibility index (Phi) is 2.96. The molecular weight excluding hydrogens is 199 g/mol. The maximum Gasteiger partial charge on any atom is 0.178 e. The Hall–Kier alpha value is -0.280. The monoisotopic (exact) mass is 206 g/mol. The number of aliphatic hydroxyl groups is 2. The molecule has 12 heavy (non-hydrogen) atoms. The highest BCUT2D eigenvalue weighted by molar-refractivity contribution is 6.42. The Balaban J connectivity index is 3.23. The molecule has 0 bridgehead atoms. The second-order valence-corrected chi connectivity index (χ2v) is 3.31. The summed E-state index contributed by atoms with van der Waals surface area (Å²) in [5.41, 5.74) is 1.09. The molecule has 0 fully saturated rings. The molecule has 2 N–H and O–H groups in total. The summed E-state index contributed by atoms with van der Waals surface area (Å²) in [6.45, 7) is 1.73. The van der Waals surface area contributed by atoms with Crippen molar-refractivity contribution in [3.05, 3.63) is 33.3 Å². The third-order valence-electron chi connectivity index (χ3n) is 1.59. The van der Waals surface area contributed by atoms with Crippen molar-refractivity contribution in [1.29, 1.82) is 0 Å². The molecule has 1 aromatic carbocycles. The van der Waals surface area contributed by atoms with E-state index in [9.17, 15) is 0 Å². The Morgan fingerprint density at radius 3 is 2.17 bits per heavy atom. The van der Waals surface area contributed by atoms with Crippen LogP contribution in [0, 0.1) is 6.92 Å². The molecule has 0 atom stereocenters. The smallest absolute Gasteiger partial charge is 0.178 e. The van der Waals surface area contributed by atoms with Gasteiger partial charge in [0.25, 0.3) is 0 Å². The van der Waals surface area contributed by atoms with Crippen LogP contribution in [0.15, 0.2) is 12.1 Å². The van der Waals surface area contributed by atoms with Gasteiger partial charge < -0.3 is 10.2 Å². The predicted molar refractivity (Wildman–Crippen MR) is 48.4 cm³/mol. The van der Waals surface area contributed by atoms with E-state index >= 15 is 0 Å². The first-order chi connectivity index (χ1) is 5.52. The van der Waals surface area contributed by atoms with Gasteiger partial charge in [-0.15, -0.1) is 0 Å². The van der Waals surface area contributed by atoms with Gasteiger partial charge in [0.2, 0.25) is 0 Å². The number of rotatable bonds is 1. The van der Waals surface area contributed by atoms with E-state index in [2.05, 4.69) is 0 Å². The zero-order valence-electron chi connectivity index (χ0n) is 6.38. The molecule has 0 aliphatic rings. The Morgan fingerprint density at radius 1 is 1.17 bits per heavy atom. The Bertz CT molecular complexity index is 297. The van der Waals surface area contributed by atoms with Crippen molar-refractivity contribution in [3.8, 4) is 0 Å². The molecule has 0 heterocycles. The lowest BCUT2D eigenvalue weighted by Gasteiger charge is -2.08. The average Bonchev–Trinajstić information content (AvgIpc) is 1.96. The van der Waals surface area contributed by atoms with Crippen LogP contribution in [0.25, 0.3) is 0 Å². The van der Waals surface area contributed by atoms with Crippen molar-refractivity contribution in [2.45, 2.75) is 13.2 Å². The molecule has 0 amide bonds. The lowest BCUT2D eigenvalue weighted by molar-refractivity contribution is -0.0429. The fourth-order valence-electron chi connectivity index (χ4n) is 0.940. The van der Waals surface area contributed by atoms with Crippen molar-refractivity contribution in [3.63, 3.8) is 0 Å². The third-order valence-corrected chi connectivity index (χ3v) is 2.31. The van der Waals surface area contributed by atoms with Gasteiger partial charge in [0.1, 0.15) is 0 Å². The van der Waals surface area contributed by atoms with E-state index in [1.54, 1.807) is 13.0 Å². The summed E-state index contributed by atoms with van der Waals surface area (Å²) in [5, 5.41) is 18.5. The first-order valence-electron chi connectivity index (χ1n) is 3.34. The molecule has 66 valence electrons. The van der Waals surface area contributed by atoms with Crippen LogP contribution in [0.5, 0.6) is 0 Å². The molecule has 0 saturated heterocycles. The quantitative estimate of drug-likeness (QED) is 0.693. The molecular formula is C8H8Cl2O2. The summed E-state index contributed by atoms with van der Waals surface area (Å²) >= 11 is 11.4. The van der Waals surface area contributed by atoms with Crippen LogP contribution in [0.1, 0.15) is 17.4 Å². The summed E-state index contributed by atoms with van der Waals surface area (Å²) in [4.78, 5) is 0. The highest BCUT2D eigenvalue weighted by Gasteiger charge is 2.09. The number of aryl methyl sites for hydroxylation is 1. The molecule has 0 radical (unpaired) electrons. The fraction of sp³-hybridized carbons (Fsp3) is 0.250. The highest BCUT2D eigenvalue weighted by atomic mass is 35.5. The van der Waals surface area contributed by atoms with Crippen molar-refractivity contribution in [1.82, 2.24) is 0 Å². The van der Waals surface area contributed by atoms with Gasteiger partial charge in [-0.2, -0.15) is 0 Å². The minimum absolute atomic E-state index is 0.324. The molecule has 1 rings (SSSR count). The fourth-order valence-corrected chi connectivity index (χ4v) is 1.33. The summed E-state index contributed by atoms with van der Waals surface area (Å²) in [6, 6.07) is 3.04. The first-order valence-corrected chi connectivity index (χ1v) is 4.09. The van der Waals surface area contributed by atoms with Crippen LogP contribution < -0.4 is 0 Å². The summed E-state index contributed by atoms with van der Waals surface area (Å²) in [7, 11) is 0. The minimum atomic E-state index is -1.50. The highest BCUT2D eigenvalue weighted by Crippen LogP contribution is 2.27. The van der Waals surface area contributed by atoms with E-state index in [1.165, 1.54) is 6.07 Å². The van der Waals surface area contributed by atoms with Gasteiger partial charge in [0, 0.05) is 5.56 Å². The SMILES string of the molecule is Cc1cc(Cl)c(Cl)cc1C(O)O. The normalized spacial score (nSPS) is 10.8. The molecule has 0 aliphatic carbocycles. The van der Waals surface area contributed by atoms with Crippen molar-refractivity contribution in [2.75, 3.05) is 0 Å². The first kappa shape index (κ1) is 9.81. The van der Waals surface area contributed by atoms with Gasteiger partial charge in [-0.25, -0.2) is 0 Å². The summed E-state index contributed by atoms with van der Waals surface area (Å²) in [6.07, 6.45) is -1.50. The van der Waals surface area contributed by atoms with Crippen molar-refractivity contribution < 1.29 is 10.2 Å². The van der Waals surface area contributed by atoms with E-state index in [1.807, 2.05) is 0 Å². The molecule has 0 aromatic heterocycles. The van der Waals surface area contributed by atoms with Crippen molar-refractivity contribution in [2.24, 2.45) is 0 Å². The maximum atomic E-state index is 8.87. The van der Waals surface area contributed by atoms with Gasteiger partial charge in [-0.05, 0) is 24.6 Å². The number of benzene rings is 1. The molecule has 0 aliphatic heterocycles. The van der Waals surface area contributed by atoms with Gasteiger partial charge in [-0.3, -0.25) is 0 Å². The van der Waals surface area contributed by atoms with E-state index in [-0.39, 0.29) is 0 Å². The second-order valence-electron chi connectivity index (χ2n) is 2.50. The van der Waals surface area contributed by atoms with Gasteiger partial charge in [-0.1, -0.05) is 23.2 Å². The molecule has 0 spiro atoms. The summed E-state index contributed by atoms with van der Waals surface area (Å²) < 4.78 is 0. The van der Waals surface area contributed by atoms with E-state index in [0.29, 0.717) is 21.2 Å². The predicted octanol–water partition coefficient (Wildman–Crippen LogP) is 2.29. The summed E-state index contributed by atoms with van der Waals surface area (Å²) in [5.74, 6) is 0. The topological polar surface area (TPSA) is 40.5 Å². The van der Waals surface area contributed by atoms with Gasteiger partial charge in [0.15, 0.2) is 6.29 Å². The van der Waals surface area contributed by atoms with Crippen LogP contribution in [-0.2, 0) is 0 Å².